The number of rotatable bonds is 2. The number of anilines is 1. The van der Waals surface area contributed by atoms with Crippen LogP contribution in [0.25, 0.3) is 0 Å². The van der Waals surface area contributed by atoms with Gasteiger partial charge in [0.15, 0.2) is 5.82 Å². The van der Waals surface area contributed by atoms with Gasteiger partial charge in [-0.25, -0.2) is 4.39 Å². The van der Waals surface area contributed by atoms with Crippen LogP contribution in [-0.4, -0.2) is 17.5 Å². The lowest BCUT2D eigenvalue weighted by atomic mass is 10.0. The van der Waals surface area contributed by atoms with Crippen LogP contribution < -0.4 is 10.1 Å². The van der Waals surface area contributed by atoms with E-state index in [9.17, 15) is 9.18 Å². The summed E-state index contributed by atoms with van der Waals surface area (Å²) in [5.74, 6) is -0.625. The molecular weight excluding hydrogens is 327 g/mol. The van der Waals surface area contributed by atoms with E-state index in [-0.39, 0.29) is 18.2 Å². The Morgan fingerprint density at radius 2 is 2.30 bits per heavy atom. The number of fused-ring (bicyclic) bond motifs is 1. The van der Waals surface area contributed by atoms with E-state index in [1.165, 1.54) is 12.3 Å². The Morgan fingerprint density at radius 3 is 3.10 bits per heavy atom. The molecule has 2 heterocycles. The zero-order valence-electron chi connectivity index (χ0n) is 10.3. The lowest BCUT2D eigenvalue weighted by molar-refractivity contribution is -0.117. The molecule has 4 nitrogen and oxygen atoms in total. The minimum Gasteiger partial charge on any atom is -0.492 e. The number of pyridine rings is 1. The zero-order chi connectivity index (χ0) is 14.1. The van der Waals surface area contributed by atoms with Crippen molar-refractivity contribution in [2.45, 2.75) is 5.92 Å². The fraction of sp³-hybridized carbons (Fsp3) is 0.143. The van der Waals surface area contributed by atoms with E-state index in [0.29, 0.717) is 5.75 Å². The molecule has 0 saturated heterocycles. The molecule has 0 unspecified atom stereocenters. The van der Waals surface area contributed by atoms with Gasteiger partial charge in [0.05, 0.1) is 11.9 Å². The molecular formula is C14H10BrFN2O2. The predicted octanol–water partition coefficient (Wildman–Crippen LogP) is 3.10. The second-order valence-corrected chi connectivity index (χ2v) is 5.31. The predicted molar refractivity (Wildman–Crippen MR) is 75.2 cm³/mol. The second-order valence-electron chi connectivity index (χ2n) is 4.39. The molecule has 1 atom stereocenters. The lowest BCUT2D eigenvalue weighted by Crippen LogP contribution is -2.22. The first-order valence-corrected chi connectivity index (χ1v) is 6.77. The number of carbonyl (C=O) groups is 1. The lowest BCUT2D eigenvalue weighted by Gasteiger charge is -2.10. The van der Waals surface area contributed by atoms with E-state index in [4.69, 9.17) is 4.74 Å². The summed E-state index contributed by atoms with van der Waals surface area (Å²) >= 11 is 3.36. The van der Waals surface area contributed by atoms with Crippen LogP contribution in [-0.2, 0) is 4.79 Å². The number of carbonyl (C=O) groups excluding carboxylic acids is 1. The van der Waals surface area contributed by atoms with Crippen molar-refractivity contribution in [1.82, 2.24) is 4.98 Å². The summed E-state index contributed by atoms with van der Waals surface area (Å²) in [5.41, 5.74) is 0.916. The highest BCUT2D eigenvalue weighted by atomic mass is 79.9. The highest BCUT2D eigenvalue weighted by Gasteiger charge is 2.30. The average molecular weight is 337 g/mol. The summed E-state index contributed by atoms with van der Waals surface area (Å²) < 4.78 is 19.8. The van der Waals surface area contributed by atoms with E-state index in [1.807, 2.05) is 12.1 Å². The zero-order valence-corrected chi connectivity index (χ0v) is 11.9. The Hall–Kier alpha value is -1.95. The van der Waals surface area contributed by atoms with Crippen molar-refractivity contribution in [2.75, 3.05) is 11.9 Å². The Bertz CT molecular complexity index is 678. The van der Waals surface area contributed by atoms with Crippen LogP contribution in [0.1, 0.15) is 11.5 Å². The molecule has 1 aliphatic heterocycles. The van der Waals surface area contributed by atoms with Gasteiger partial charge >= 0.3 is 0 Å². The van der Waals surface area contributed by atoms with Crippen molar-refractivity contribution < 1.29 is 13.9 Å². The van der Waals surface area contributed by atoms with Crippen molar-refractivity contribution in [3.8, 4) is 5.75 Å². The average Bonchev–Trinajstić information content (AvgIpc) is 2.84. The van der Waals surface area contributed by atoms with Crippen LogP contribution in [0, 0.1) is 5.82 Å². The van der Waals surface area contributed by atoms with E-state index in [2.05, 4.69) is 26.2 Å². The molecule has 0 aliphatic carbocycles. The highest BCUT2D eigenvalue weighted by Crippen LogP contribution is 2.36. The van der Waals surface area contributed by atoms with E-state index in [1.54, 1.807) is 6.07 Å². The number of nitrogens with one attached hydrogen (secondary N) is 1. The summed E-state index contributed by atoms with van der Waals surface area (Å²) in [6.45, 7) is 0.254. The molecule has 102 valence electrons. The van der Waals surface area contributed by atoms with Crippen LogP contribution in [0.5, 0.6) is 5.75 Å². The Labute approximate surface area is 123 Å². The van der Waals surface area contributed by atoms with Gasteiger partial charge in [-0.1, -0.05) is 15.9 Å². The first kappa shape index (κ1) is 13.1. The molecule has 1 aromatic carbocycles. The quantitative estimate of drug-likeness (QED) is 0.916. The number of ether oxygens (including phenoxy) is 1. The monoisotopic (exact) mass is 336 g/mol. The van der Waals surface area contributed by atoms with Gasteiger partial charge in [-0.15, -0.1) is 0 Å². The summed E-state index contributed by atoms with van der Waals surface area (Å²) in [4.78, 5) is 15.9. The topological polar surface area (TPSA) is 51.2 Å². The first-order valence-electron chi connectivity index (χ1n) is 5.98. The number of nitrogens with zero attached hydrogens (tertiary/aromatic N) is 1. The molecule has 1 aliphatic rings. The molecule has 1 aromatic heterocycles. The van der Waals surface area contributed by atoms with Crippen molar-refractivity contribution in [3.63, 3.8) is 0 Å². The van der Waals surface area contributed by atoms with Crippen LogP contribution in [0.3, 0.4) is 0 Å². The number of hydrogen-bond donors (Lipinski definition) is 1. The van der Waals surface area contributed by atoms with Gasteiger partial charge in [0.2, 0.25) is 5.91 Å². The van der Waals surface area contributed by atoms with Crippen LogP contribution in [0.4, 0.5) is 10.1 Å². The molecule has 1 N–H and O–H groups in total. The first-order chi connectivity index (χ1) is 9.65. The van der Waals surface area contributed by atoms with Gasteiger partial charge in [-0.3, -0.25) is 9.78 Å². The number of aromatic nitrogens is 1. The van der Waals surface area contributed by atoms with Crippen molar-refractivity contribution in [2.24, 2.45) is 0 Å². The van der Waals surface area contributed by atoms with Crippen molar-refractivity contribution >= 4 is 27.5 Å². The van der Waals surface area contributed by atoms with Gasteiger partial charge in [-0.05, 0) is 24.3 Å². The van der Waals surface area contributed by atoms with Crippen LogP contribution >= 0.6 is 15.9 Å². The molecule has 6 heteroatoms. The minimum atomic E-state index is -0.561. The van der Waals surface area contributed by atoms with Gasteiger partial charge in [-0.2, -0.15) is 0 Å². The van der Waals surface area contributed by atoms with Crippen molar-refractivity contribution in [3.05, 3.63) is 52.5 Å². The summed E-state index contributed by atoms with van der Waals surface area (Å²) in [6, 6.07) is 6.92. The molecule has 2 aromatic rings. The maximum absolute atomic E-state index is 13.5. The summed E-state index contributed by atoms with van der Waals surface area (Å²) in [5, 5.41) is 2.56. The number of hydrogen-bond acceptors (Lipinski definition) is 3. The van der Waals surface area contributed by atoms with Gasteiger partial charge in [0.25, 0.3) is 0 Å². The third-order valence-electron chi connectivity index (χ3n) is 3.10. The number of halogens is 2. The van der Waals surface area contributed by atoms with Crippen molar-refractivity contribution in [1.29, 1.82) is 0 Å². The Balaban J connectivity index is 1.84. The SMILES string of the molecule is O=C(Nc1ccncc1F)[C@H]1COc2ccc(Br)cc21. The minimum absolute atomic E-state index is 0.119. The normalized spacial score (nSPS) is 16.4. The van der Waals surface area contributed by atoms with E-state index in [0.717, 1.165) is 16.2 Å². The largest absolute Gasteiger partial charge is 0.492 e. The van der Waals surface area contributed by atoms with Crippen LogP contribution in [0.15, 0.2) is 41.1 Å². The fourth-order valence-corrected chi connectivity index (χ4v) is 2.48. The molecule has 0 spiro atoms. The van der Waals surface area contributed by atoms with Gasteiger partial charge in [0, 0.05) is 16.2 Å². The van der Waals surface area contributed by atoms with E-state index < -0.39 is 11.7 Å². The standard InChI is InChI=1S/C14H10BrFN2O2/c15-8-1-2-13-9(5-8)10(7-20-13)14(19)18-12-3-4-17-6-11(12)16/h1-6,10H,7H2,(H,17,18,19)/t10-/m0/s1. The molecule has 0 saturated carbocycles. The Morgan fingerprint density at radius 1 is 1.45 bits per heavy atom. The maximum Gasteiger partial charge on any atom is 0.235 e. The maximum atomic E-state index is 13.5. The number of amides is 1. The van der Waals surface area contributed by atoms with E-state index >= 15 is 0 Å². The fourth-order valence-electron chi connectivity index (χ4n) is 2.10. The van der Waals surface area contributed by atoms with Gasteiger partial charge in [0.1, 0.15) is 18.3 Å². The summed E-state index contributed by atoms with van der Waals surface area (Å²) in [7, 11) is 0. The molecule has 0 bridgehead atoms. The molecule has 3 rings (SSSR count). The highest BCUT2D eigenvalue weighted by molar-refractivity contribution is 9.10. The molecule has 0 fully saturated rings. The smallest absolute Gasteiger partial charge is 0.235 e. The number of benzene rings is 1. The third kappa shape index (κ3) is 2.38. The van der Waals surface area contributed by atoms with Gasteiger partial charge < -0.3 is 10.1 Å². The Kier molecular flexibility index (Phi) is 3.40. The van der Waals surface area contributed by atoms with Crippen LogP contribution in [0.2, 0.25) is 0 Å². The molecule has 1 amide bonds. The summed E-state index contributed by atoms with van der Waals surface area (Å²) in [6.07, 6.45) is 2.49. The molecule has 20 heavy (non-hydrogen) atoms. The second kappa shape index (κ2) is 5.20. The molecule has 0 radical (unpaired) electrons. The third-order valence-corrected chi connectivity index (χ3v) is 3.59.